The highest BCUT2D eigenvalue weighted by atomic mass is 16.6. The van der Waals surface area contributed by atoms with Gasteiger partial charge in [0.25, 0.3) is 0 Å². The van der Waals surface area contributed by atoms with E-state index in [9.17, 15) is 14.9 Å². The molecule has 1 N–H and O–H groups in total. The van der Waals surface area contributed by atoms with Crippen molar-refractivity contribution in [2.45, 2.75) is 18.6 Å². The Balaban J connectivity index is 2.22. The first kappa shape index (κ1) is 10.6. The van der Waals surface area contributed by atoms with Crippen LogP contribution in [0.5, 0.6) is 0 Å². The lowest BCUT2D eigenvalue weighted by atomic mass is 10.1. The third kappa shape index (κ3) is 1.74. The molecule has 0 unspecified atom stereocenters. The van der Waals surface area contributed by atoms with Gasteiger partial charge >= 0.3 is 11.7 Å². The second-order valence-corrected chi connectivity index (χ2v) is 3.42. The van der Waals surface area contributed by atoms with Crippen LogP contribution < -0.4 is 0 Å². The van der Waals surface area contributed by atoms with Gasteiger partial charge in [0.05, 0.1) is 18.0 Å². The predicted octanol–water partition coefficient (Wildman–Crippen LogP) is -0.360. The summed E-state index contributed by atoms with van der Waals surface area (Å²) < 4.78 is 6.11. The first-order valence-electron chi connectivity index (χ1n) is 4.60. The van der Waals surface area contributed by atoms with Crippen LogP contribution >= 0.6 is 0 Å². The lowest BCUT2D eigenvalue weighted by molar-refractivity contribution is -0.385. The summed E-state index contributed by atoms with van der Waals surface area (Å²) in [6, 6.07) is -0.480. The fraction of sp³-hybridized carbons (Fsp3) is 0.500. The van der Waals surface area contributed by atoms with Crippen molar-refractivity contribution in [3.63, 3.8) is 0 Å². The molecule has 1 fully saturated rings. The Morgan fingerprint density at radius 1 is 1.75 bits per heavy atom. The van der Waals surface area contributed by atoms with Crippen molar-refractivity contribution in [2.75, 3.05) is 6.61 Å². The molecular weight excluding hydrogens is 218 g/mol. The third-order valence-electron chi connectivity index (χ3n) is 2.41. The lowest BCUT2D eigenvalue weighted by Gasteiger charge is -2.14. The molecule has 8 nitrogen and oxygen atoms in total. The lowest BCUT2D eigenvalue weighted by Crippen LogP contribution is -2.24. The summed E-state index contributed by atoms with van der Waals surface area (Å²) in [5, 5.41) is 23.2. The molecule has 0 bridgehead atoms. The smallest absolute Gasteiger partial charge is 0.308 e. The van der Waals surface area contributed by atoms with Gasteiger partial charge in [-0.2, -0.15) is 5.10 Å². The molecule has 0 aliphatic carbocycles. The van der Waals surface area contributed by atoms with Crippen LogP contribution in [0.2, 0.25) is 0 Å². The van der Waals surface area contributed by atoms with E-state index in [1.54, 1.807) is 0 Å². The molecule has 2 atom stereocenters. The molecule has 1 aromatic heterocycles. The molecule has 2 rings (SSSR count). The van der Waals surface area contributed by atoms with Gasteiger partial charge < -0.3 is 9.84 Å². The van der Waals surface area contributed by atoms with Crippen molar-refractivity contribution in [2.24, 2.45) is 0 Å². The van der Waals surface area contributed by atoms with E-state index in [4.69, 9.17) is 9.84 Å². The zero-order chi connectivity index (χ0) is 11.7. The fourth-order valence-corrected chi connectivity index (χ4v) is 1.62. The van der Waals surface area contributed by atoms with E-state index in [2.05, 4.69) is 5.10 Å². The third-order valence-corrected chi connectivity index (χ3v) is 2.41. The van der Waals surface area contributed by atoms with Gasteiger partial charge in [0.1, 0.15) is 24.5 Å². The van der Waals surface area contributed by atoms with E-state index in [-0.39, 0.29) is 18.7 Å². The number of aliphatic hydroxyl groups is 1. The normalized spacial score (nSPS) is 24.4. The highest BCUT2D eigenvalue weighted by Crippen LogP contribution is 2.27. The summed E-state index contributed by atoms with van der Waals surface area (Å²) in [5.41, 5.74) is -0.156. The molecule has 0 amide bonds. The van der Waals surface area contributed by atoms with E-state index >= 15 is 0 Å². The van der Waals surface area contributed by atoms with E-state index in [0.717, 1.165) is 6.20 Å². The maximum atomic E-state index is 11.0. The number of hydrogen-bond acceptors (Lipinski definition) is 6. The topological polar surface area (TPSA) is 107 Å². The second kappa shape index (κ2) is 3.89. The van der Waals surface area contributed by atoms with Crippen molar-refractivity contribution in [3.8, 4) is 0 Å². The van der Waals surface area contributed by atoms with Gasteiger partial charge in [0, 0.05) is 0 Å². The first-order chi connectivity index (χ1) is 7.61. The minimum absolute atomic E-state index is 0.0596. The van der Waals surface area contributed by atoms with Gasteiger partial charge in [-0.3, -0.25) is 19.6 Å². The highest BCUT2D eigenvalue weighted by molar-refractivity contribution is 5.72. The van der Waals surface area contributed by atoms with Crippen molar-refractivity contribution in [3.05, 3.63) is 22.5 Å². The van der Waals surface area contributed by atoms with Crippen molar-refractivity contribution >= 4 is 11.7 Å². The number of esters is 1. The van der Waals surface area contributed by atoms with Gasteiger partial charge in [-0.25, -0.2) is 0 Å². The summed E-state index contributed by atoms with van der Waals surface area (Å²) >= 11 is 0. The average molecular weight is 227 g/mol. The SMILES string of the molecule is O=C1C[C@@H](n2cc([N+](=O)[O-])cn2)[C@H](CO)O1. The number of nitro groups is 1. The standard InChI is InChI=1S/C8H9N3O5/c12-4-7-6(1-8(13)16-7)10-3-5(2-9-10)11(14)15/h2-3,6-7,12H,1,4H2/t6-,7+/m1/s1. The largest absolute Gasteiger partial charge is 0.458 e. The van der Waals surface area contributed by atoms with Crippen molar-refractivity contribution < 1.29 is 19.6 Å². The Bertz CT molecular complexity index is 429. The number of carbonyl (C=O) groups excluding carboxylic acids is 1. The summed E-state index contributed by atoms with van der Waals surface area (Å²) in [6.45, 7) is -0.329. The Morgan fingerprint density at radius 3 is 3.06 bits per heavy atom. The van der Waals surface area contributed by atoms with Crippen LogP contribution in [0.4, 0.5) is 5.69 Å². The summed E-state index contributed by atoms with van der Waals surface area (Å²) in [6.07, 6.45) is 1.68. The van der Waals surface area contributed by atoms with Crippen molar-refractivity contribution in [1.29, 1.82) is 0 Å². The van der Waals surface area contributed by atoms with Crippen molar-refractivity contribution in [1.82, 2.24) is 9.78 Å². The molecular formula is C8H9N3O5. The Labute approximate surface area is 89.6 Å². The Morgan fingerprint density at radius 2 is 2.50 bits per heavy atom. The van der Waals surface area contributed by atoms with E-state index in [0.29, 0.717) is 0 Å². The summed E-state index contributed by atoms with van der Waals surface area (Å²) in [7, 11) is 0. The van der Waals surface area contributed by atoms with Gasteiger partial charge in [-0.1, -0.05) is 0 Å². The molecule has 0 spiro atoms. The zero-order valence-corrected chi connectivity index (χ0v) is 8.15. The number of nitrogens with zero attached hydrogens (tertiary/aromatic N) is 3. The van der Waals surface area contributed by atoms with Crippen LogP contribution in [0.25, 0.3) is 0 Å². The van der Waals surface area contributed by atoms with E-state index < -0.39 is 23.0 Å². The van der Waals surface area contributed by atoms with Crippen LogP contribution in [-0.4, -0.2) is 38.5 Å². The quantitative estimate of drug-likeness (QED) is 0.429. The number of cyclic esters (lactones) is 1. The minimum atomic E-state index is -0.688. The molecule has 0 saturated carbocycles. The van der Waals surface area contributed by atoms with Gasteiger partial charge in [-0.15, -0.1) is 0 Å². The van der Waals surface area contributed by atoms with Gasteiger partial charge in [0.15, 0.2) is 0 Å². The molecule has 2 heterocycles. The van der Waals surface area contributed by atoms with Crippen LogP contribution in [0.3, 0.4) is 0 Å². The number of rotatable bonds is 3. The number of carbonyl (C=O) groups is 1. The second-order valence-electron chi connectivity index (χ2n) is 3.42. The van der Waals surface area contributed by atoms with E-state index in [1.165, 1.54) is 10.9 Å². The number of aromatic nitrogens is 2. The minimum Gasteiger partial charge on any atom is -0.458 e. The first-order valence-corrected chi connectivity index (χ1v) is 4.60. The number of ether oxygens (including phenoxy) is 1. The van der Waals surface area contributed by atoms with E-state index in [1.807, 2.05) is 0 Å². The van der Waals surface area contributed by atoms with Crippen LogP contribution in [0, 0.1) is 10.1 Å². The molecule has 1 aliphatic heterocycles. The Kier molecular flexibility index (Phi) is 2.57. The predicted molar refractivity (Wildman–Crippen MR) is 49.5 cm³/mol. The molecule has 0 radical (unpaired) electrons. The van der Waals surface area contributed by atoms with Gasteiger partial charge in [-0.05, 0) is 0 Å². The van der Waals surface area contributed by atoms with Gasteiger partial charge in [0.2, 0.25) is 0 Å². The summed E-state index contributed by atoms with van der Waals surface area (Å²) in [4.78, 5) is 20.9. The molecule has 0 aromatic carbocycles. The maximum absolute atomic E-state index is 11.0. The molecule has 1 aromatic rings. The molecule has 86 valence electrons. The number of hydrogen-bond donors (Lipinski definition) is 1. The van der Waals surface area contributed by atoms with Crippen LogP contribution in [0.15, 0.2) is 12.4 Å². The number of aliphatic hydroxyl groups excluding tert-OH is 1. The Hall–Kier alpha value is -1.96. The van der Waals surface area contributed by atoms with Crippen LogP contribution in [0.1, 0.15) is 12.5 Å². The molecule has 1 saturated heterocycles. The monoisotopic (exact) mass is 227 g/mol. The molecule has 8 heteroatoms. The maximum Gasteiger partial charge on any atom is 0.308 e. The highest BCUT2D eigenvalue weighted by Gasteiger charge is 2.36. The zero-order valence-electron chi connectivity index (χ0n) is 8.15. The summed E-state index contributed by atoms with van der Waals surface area (Å²) in [5.74, 6) is -0.442. The fourth-order valence-electron chi connectivity index (χ4n) is 1.62. The molecule has 1 aliphatic rings. The average Bonchev–Trinajstić information content (AvgIpc) is 2.82. The molecule has 16 heavy (non-hydrogen) atoms. The van der Waals surface area contributed by atoms with Crippen LogP contribution in [-0.2, 0) is 9.53 Å².